The standard InChI is InChI=1S/C5H7N3O.2C4H5N.2C3H4N2.CH2N4.3CH4.Y/c1-8-2-4(5(6)9)7-3-8;2*1-2-4-5-3-1;2*1-2-5-3-4-1;1-2-4-5-3-1;;;;/h2-3H,1H3,(H2,6,9);2*1-5H;2*1-3H,(H,4,5);1H,(H,2,3,4,5);3*1H4;/p-1. The van der Waals surface area contributed by atoms with Crippen LogP contribution < -0.4 is 0 Å². The van der Waals surface area contributed by atoms with Crippen molar-refractivity contribution < 1.29 is 37.5 Å². The van der Waals surface area contributed by atoms with Crippen molar-refractivity contribution in [1.82, 2.24) is 60.1 Å². The van der Waals surface area contributed by atoms with Crippen molar-refractivity contribution >= 4 is 5.91 Å². The quantitative estimate of drug-likeness (QED) is 0.182. The van der Waals surface area contributed by atoms with Crippen molar-refractivity contribution in [2.45, 2.75) is 22.3 Å². The van der Waals surface area contributed by atoms with Crippen LogP contribution in [0.15, 0.2) is 105 Å². The Bertz CT molecular complexity index is 852. The van der Waals surface area contributed by atoms with E-state index in [1.807, 2.05) is 49.1 Å². The summed E-state index contributed by atoms with van der Waals surface area (Å²) in [6.07, 6.45) is 22.0. The maximum absolute atomic E-state index is 10.2. The number of carbonyl (C=O) groups excluding carboxylic acids is 1. The molecule has 6 aromatic rings. The van der Waals surface area contributed by atoms with Gasteiger partial charge in [0.1, 0.15) is 5.69 Å². The second-order valence-electron chi connectivity index (χ2n) is 5.60. The van der Waals surface area contributed by atoms with E-state index in [9.17, 15) is 4.79 Å². The number of amides is 1. The van der Waals surface area contributed by atoms with Crippen molar-refractivity contribution in [3.8, 4) is 0 Å². The number of aromatic amines is 5. The average molecular weight is 602 g/mol. The number of carbonyl (C=O) groups is 1. The predicted molar refractivity (Wildman–Crippen MR) is 145 cm³/mol. The molecule has 0 bridgehead atoms. The molecule has 0 aliphatic heterocycles. The smallest absolute Gasteiger partial charge is 0.161 e. The molecule has 0 saturated heterocycles. The normalized spacial score (nSPS) is 7.50. The van der Waals surface area contributed by atoms with Gasteiger partial charge in [-0.25, -0.2) is 15.0 Å². The number of H-pyrrole nitrogens is 5. The second kappa shape index (κ2) is 30.9. The van der Waals surface area contributed by atoms with Gasteiger partial charge in [-0.1, -0.05) is 27.5 Å². The molecule has 6 N–H and O–H groups in total. The van der Waals surface area contributed by atoms with Crippen molar-refractivity contribution in [2.75, 3.05) is 0 Å². The van der Waals surface area contributed by atoms with Gasteiger partial charge in [0, 0.05) is 95.5 Å². The van der Waals surface area contributed by atoms with E-state index < -0.39 is 5.91 Å². The van der Waals surface area contributed by atoms with Gasteiger partial charge in [-0.3, -0.25) is 0 Å². The Kier molecular flexibility index (Phi) is 33.3. The summed E-state index contributed by atoms with van der Waals surface area (Å²) in [7, 11) is 1.75. The van der Waals surface area contributed by atoms with Crippen LogP contribution in [-0.4, -0.2) is 66.0 Å². The summed E-state index contributed by atoms with van der Waals surface area (Å²) in [6.45, 7) is 0. The summed E-state index contributed by atoms with van der Waals surface area (Å²) in [4.78, 5) is 32.4. The molecule has 0 spiro atoms. The van der Waals surface area contributed by atoms with Crippen LogP contribution in [0, 0.1) is 0 Å². The van der Waals surface area contributed by atoms with E-state index in [4.69, 9.17) is 5.73 Å². The fraction of sp³-hybridized carbons (Fsp3) is 0.174. The number of aryl methyl sites for hydroxylation is 1. The zero-order valence-electron chi connectivity index (χ0n) is 18.9. The Labute approximate surface area is 248 Å². The van der Waals surface area contributed by atoms with Crippen LogP contribution in [0.2, 0.25) is 0 Å². The molecule has 14 nitrogen and oxygen atoms in total. The van der Waals surface area contributed by atoms with Crippen LogP contribution >= 0.6 is 0 Å². The molecular weight excluding hydrogens is 563 g/mol. The monoisotopic (exact) mass is 601 g/mol. The zero-order chi connectivity index (χ0) is 24.5. The van der Waals surface area contributed by atoms with Crippen LogP contribution in [-0.2, 0) is 39.8 Å². The molecule has 0 fully saturated rings. The number of rotatable bonds is 1. The maximum Gasteiger partial charge on any atom is 0.161 e. The molecule has 1 amide bonds. The molecule has 205 valence electrons. The molecule has 15 heteroatoms. The molecule has 0 saturated carbocycles. The number of nitrogens with one attached hydrogen (secondary N) is 6. The first kappa shape index (κ1) is 41.0. The van der Waals surface area contributed by atoms with E-state index in [0.717, 1.165) is 0 Å². The fourth-order valence-electron chi connectivity index (χ4n) is 1.65. The third kappa shape index (κ3) is 26.4. The minimum absolute atomic E-state index is 0. The van der Waals surface area contributed by atoms with Gasteiger partial charge in [-0.2, -0.15) is 5.21 Å². The Morgan fingerprint density at radius 2 is 1.32 bits per heavy atom. The van der Waals surface area contributed by atoms with Crippen LogP contribution in [0.1, 0.15) is 32.8 Å². The first-order valence-corrected chi connectivity index (χ1v) is 9.61. The molecule has 0 atom stereocenters. The van der Waals surface area contributed by atoms with Crippen LogP contribution in [0.3, 0.4) is 0 Å². The van der Waals surface area contributed by atoms with Gasteiger partial charge in [-0.15, -0.1) is 10.2 Å². The third-order valence-corrected chi connectivity index (χ3v) is 3.01. The molecule has 6 aromatic heterocycles. The number of hydrogen-bond donors (Lipinski definition) is 5. The first-order chi connectivity index (χ1) is 16.7. The van der Waals surface area contributed by atoms with Crippen molar-refractivity contribution in [2.24, 2.45) is 7.05 Å². The molecule has 6 rings (SSSR count). The fourth-order valence-corrected chi connectivity index (χ4v) is 1.65. The molecule has 0 aromatic carbocycles. The average Bonchev–Trinajstić information content (AvgIpc) is 3.71. The topological polar surface area (TPSA) is 202 Å². The van der Waals surface area contributed by atoms with Crippen LogP contribution in [0.5, 0.6) is 0 Å². The minimum atomic E-state index is -0.740. The number of hydrogen-bond acceptors (Lipinski definition) is 7. The van der Waals surface area contributed by atoms with Crippen LogP contribution in [0.4, 0.5) is 0 Å². The first-order valence-electron chi connectivity index (χ1n) is 9.61. The van der Waals surface area contributed by atoms with Gasteiger partial charge in [0.25, 0.3) is 0 Å². The van der Waals surface area contributed by atoms with Gasteiger partial charge < -0.3 is 35.0 Å². The summed E-state index contributed by atoms with van der Waals surface area (Å²) in [5, 5.41) is 12.2. The van der Waals surface area contributed by atoms with E-state index in [2.05, 4.69) is 55.5 Å². The summed E-state index contributed by atoms with van der Waals surface area (Å²) in [6, 6.07) is 7.78. The Morgan fingerprint density at radius 3 is 1.45 bits per heavy atom. The Balaban J connectivity index is -0.000000182. The van der Waals surface area contributed by atoms with Gasteiger partial charge in [0.15, 0.2) is 6.33 Å². The Hall–Kier alpha value is -4.17. The molecule has 38 heavy (non-hydrogen) atoms. The largest absolute Gasteiger partial charge is 0.662 e. The molecule has 1 radical (unpaired) electrons. The SMILES string of the molecule is C.C.C.Cn1cnc(C([NH-])=O)c1.[Y].c1c[nH]cn1.c1c[nH]cn1.c1cc[nH]c1.c1cc[nH]c1.c1nn[nH]n1. The van der Waals surface area contributed by atoms with Gasteiger partial charge >= 0.3 is 0 Å². The number of imidazole rings is 3. The van der Waals surface area contributed by atoms with E-state index >= 15 is 0 Å². The minimum Gasteiger partial charge on any atom is -0.662 e. The van der Waals surface area contributed by atoms with Crippen molar-refractivity contribution in [3.05, 3.63) is 117 Å². The third-order valence-electron chi connectivity index (χ3n) is 3.01. The summed E-state index contributed by atoms with van der Waals surface area (Å²) in [5.74, 6) is -0.740. The van der Waals surface area contributed by atoms with E-state index in [1.54, 1.807) is 49.1 Å². The summed E-state index contributed by atoms with van der Waals surface area (Å²) < 4.78 is 1.63. The number of tetrazole rings is 1. The molecule has 6 heterocycles. The van der Waals surface area contributed by atoms with E-state index in [0.29, 0.717) is 0 Å². The van der Waals surface area contributed by atoms with Crippen LogP contribution in [0.25, 0.3) is 5.73 Å². The van der Waals surface area contributed by atoms with Crippen molar-refractivity contribution in [1.29, 1.82) is 0 Å². The molecule has 0 aliphatic rings. The van der Waals surface area contributed by atoms with Gasteiger partial charge in [0.2, 0.25) is 0 Å². The van der Waals surface area contributed by atoms with Gasteiger partial charge in [-0.05, 0) is 24.3 Å². The summed E-state index contributed by atoms with van der Waals surface area (Å²) in [5.41, 5.74) is 6.81. The van der Waals surface area contributed by atoms with Gasteiger partial charge in [0.05, 0.1) is 24.9 Å². The zero-order valence-corrected chi connectivity index (χ0v) is 21.8. The second-order valence-corrected chi connectivity index (χ2v) is 5.60. The maximum atomic E-state index is 10.2. The van der Waals surface area contributed by atoms with Crippen molar-refractivity contribution in [3.63, 3.8) is 0 Å². The molecule has 0 unspecified atom stereocenters. The van der Waals surface area contributed by atoms with E-state index in [1.165, 1.54) is 18.9 Å². The number of aromatic nitrogens is 12. The van der Waals surface area contributed by atoms with E-state index in [-0.39, 0.29) is 60.7 Å². The number of nitrogens with zero attached hydrogens (tertiary/aromatic N) is 7. The summed E-state index contributed by atoms with van der Waals surface area (Å²) >= 11 is 0. The molecule has 0 aliphatic carbocycles. The Morgan fingerprint density at radius 1 is 0.816 bits per heavy atom. The predicted octanol–water partition coefficient (Wildman–Crippen LogP) is 4.57. The molecular formula is C23H38N13OY-.